The van der Waals surface area contributed by atoms with Crippen LogP contribution in [0.4, 0.5) is 19.0 Å². The number of halogens is 4. The highest BCUT2D eigenvalue weighted by atomic mass is 35.5. The molecule has 3 aromatic rings. The molecule has 0 aliphatic carbocycles. The van der Waals surface area contributed by atoms with Gasteiger partial charge in [-0.15, -0.1) is 0 Å². The molecule has 1 fully saturated rings. The maximum atomic E-state index is 12.5. The molecule has 0 radical (unpaired) electrons. The van der Waals surface area contributed by atoms with Crippen LogP contribution in [0.2, 0.25) is 5.02 Å². The number of anilines is 1. The third-order valence-electron chi connectivity index (χ3n) is 4.68. The van der Waals surface area contributed by atoms with Gasteiger partial charge in [-0.25, -0.2) is 15.0 Å². The Morgan fingerprint density at radius 2 is 2.23 bits per heavy atom. The summed E-state index contributed by atoms with van der Waals surface area (Å²) in [6.45, 7) is -0.208. The lowest BCUT2D eigenvalue weighted by Crippen LogP contribution is -2.59. The van der Waals surface area contributed by atoms with Gasteiger partial charge in [-0.05, 0) is 12.1 Å². The van der Waals surface area contributed by atoms with Crippen LogP contribution in [0.3, 0.4) is 0 Å². The van der Waals surface area contributed by atoms with Crippen LogP contribution in [-0.2, 0) is 4.79 Å². The smallest absolute Gasteiger partial charge is 0.345 e. The van der Waals surface area contributed by atoms with E-state index in [1.807, 2.05) is 5.32 Å². The van der Waals surface area contributed by atoms with Crippen LogP contribution in [0.15, 0.2) is 30.7 Å². The van der Waals surface area contributed by atoms with E-state index in [9.17, 15) is 18.0 Å². The molecule has 1 aliphatic rings. The van der Waals surface area contributed by atoms with E-state index in [-0.39, 0.29) is 7.97 Å². The normalized spacial score (nSPS) is 17.3. The summed E-state index contributed by atoms with van der Waals surface area (Å²) in [6, 6.07) is 2.53. The highest BCUT2D eigenvalue weighted by Gasteiger charge is 2.33. The average Bonchev–Trinajstić information content (AvgIpc) is 3.14. The van der Waals surface area contributed by atoms with Gasteiger partial charge >= 0.3 is 6.18 Å². The second kappa shape index (κ2) is 8.07. The van der Waals surface area contributed by atoms with Gasteiger partial charge in [0.1, 0.15) is 24.1 Å². The van der Waals surface area contributed by atoms with E-state index in [1.165, 1.54) is 6.20 Å². The summed E-state index contributed by atoms with van der Waals surface area (Å²) in [6.07, 6.45) is 0.293. The summed E-state index contributed by atoms with van der Waals surface area (Å²) in [5, 5.41) is 6.17. The van der Waals surface area contributed by atoms with Crippen molar-refractivity contribution in [3.63, 3.8) is 0 Å². The molecule has 12 heteroatoms. The summed E-state index contributed by atoms with van der Waals surface area (Å²) in [5.41, 5.74) is 1.30. The number of nitrogens with one attached hydrogen (secondary N) is 3. The van der Waals surface area contributed by atoms with Gasteiger partial charge in [-0.3, -0.25) is 4.79 Å². The summed E-state index contributed by atoms with van der Waals surface area (Å²) in [7, 11) is 0. The van der Waals surface area contributed by atoms with Crippen LogP contribution >= 0.6 is 11.6 Å². The van der Waals surface area contributed by atoms with E-state index in [0.29, 0.717) is 41.0 Å². The average molecular weight is 442 g/mol. The monoisotopic (exact) mass is 441 g/mol. The Labute approximate surface area is 175 Å². The number of hydrogen-bond acceptors (Lipinski definition) is 6. The van der Waals surface area contributed by atoms with Crippen molar-refractivity contribution in [2.24, 2.45) is 0 Å². The summed E-state index contributed by atoms with van der Waals surface area (Å²) < 4.78 is 37.5. The molecule has 1 aliphatic heterocycles. The van der Waals surface area contributed by atoms with Gasteiger partial charge in [0.25, 0.3) is 0 Å². The second-order valence-corrected chi connectivity index (χ2v) is 7.17. The van der Waals surface area contributed by atoms with Gasteiger partial charge in [0.05, 0.1) is 5.02 Å². The zero-order chi connectivity index (χ0) is 21.3. The minimum atomic E-state index is -4.48. The minimum absolute atomic E-state index is 0. The molecule has 1 amide bonds. The minimum Gasteiger partial charge on any atom is -0.345 e. The van der Waals surface area contributed by atoms with Crippen LogP contribution in [-0.4, -0.2) is 64.2 Å². The van der Waals surface area contributed by atoms with Gasteiger partial charge in [0, 0.05) is 50.6 Å². The predicted molar refractivity (Wildman–Crippen MR) is 107 cm³/mol. The predicted octanol–water partition coefficient (Wildman–Crippen LogP) is 2.38. The Kier molecular flexibility index (Phi) is 5.48. The van der Waals surface area contributed by atoms with Crippen molar-refractivity contribution < 1.29 is 19.4 Å². The van der Waals surface area contributed by atoms with Gasteiger partial charge in [-0.2, -0.15) is 13.2 Å². The van der Waals surface area contributed by atoms with E-state index in [4.69, 9.17) is 11.6 Å². The van der Waals surface area contributed by atoms with E-state index in [1.54, 1.807) is 29.4 Å². The quantitative estimate of drug-likeness (QED) is 0.575. The molecular formula is C18H19ClF3N7O. The number of nitrogens with zero attached hydrogens (tertiary/aromatic N) is 4. The SMILES string of the molecule is O=C(NCC(F)(F)F)[C@H]1CNCCN1c1ccnc(-c2c[nH]c3ncc(Cl)cc23)n1.[HH]. The number of H-pyrrole nitrogens is 1. The van der Waals surface area contributed by atoms with E-state index < -0.39 is 24.7 Å². The number of fused-ring (bicyclic) bond motifs is 1. The molecule has 160 valence electrons. The molecule has 3 N–H and O–H groups in total. The molecule has 0 aromatic carbocycles. The lowest BCUT2D eigenvalue weighted by molar-refractivity contribution is -0.139. The lowest BCUT2D eigenvalue weighted by Gasteiger charge is -2.36. The van der Waals surface area contributed by atoms with Crippen LogP contribution in [0.25, 0.3) is 22.4 Å². The third kappa shape index (κ3) is 4.31. The van der Waals surface area contributed by atoms with Crippen LogP contribution < -0.4 is 15.5 Å². The summed E-state index contributed by atoms with van der Waals surface area (Å²) >= 11 is 6.05. The van der Waals surface area contributed by atoms with Crippen molar-refractivity contribution in [1.82, 2.24) is 30.6 Å². The molecule has 30 heavy (non-hydrogen) atoms. The number of aromatic amines is 1. The van der Waals surface area contributed by atoms with E-state index >= 15 is 0 Å². The summed E-state index contributed by atoms with van der Waals surface area (Å²) in [5.74, 6) is 0.108. The molecule has 4 heterocycles. The molecule has 0 bridgehead atoms. The van der Waals surface area contributed by atoms with Gasteiger partial charge in [0.15, 0.2) is 5.82 Å². The second-order valence-electron chi connectivity index (χ2n) is 6.74. The molecule has 3 aromatic heterocycles. The van der Waals surface area contributed by atoms with Crippen LogP contribution in [0.5, 0.6) is 0 Å². The van der Waals surface area contributed by atoms with E-state index in [0.717, 1.165) is 5.39 Å². The Morgan fingerprint density at radius 1 is 1.40 bits per heavy atom. The number of amides is 1. The molecule has 1 atom stereocenters. The molecule has 0 unspecified atom stereocenters. The Balaban J connectivity index is 0.00000272. The Hall–Kier alpha value is -2.92. The van der Waals surface area contributed by atoms with Gasteiger partial charge in [-0.1, -0.05) is 11.6 Å². The van der Waals surface area contributed by atoms with Crippen molar-refractivity contribution >= 4 is 34.4 Å². The zero-order valence-corrected chi connectivity index (χ0v) is 16.3. The van der Waals surface area contributed by atoms with Crippen LogP contribution in [0, 0.1) is 0 Å². The molecule has 8 nitrogen and oxygen atoms in total. The highest BCUT2D eigenvalue weighted by Crippen LogP contribution is 2.28. The van der Waals surface area contributed by atoms with Crippen molar-refractivity contribution in [3.8, 4) is 11.4 Å². The molecule has 0 spiro atoms. The molecule has 4 rings (SSSR count). The maximum absolute atomic E-state index is 12.5. The molecule has 1 saturated heterocycles. The first-order chi connectivity index (χ1) is 14.3. The first-order valence-corrected chi connectivity index (χ1v) is 9.47. The number of alkyl halides is 3. The van der Waals surface area contributed by atoms with Crippen LogP contribution in [0.1, 0.15) is 1.43 Å². The fourth-order valence-corrected chi connectivity index (χ4v) is 3.48. The topological polar surface area (TPSA) is 98.8 Å². The Bertz CT molecular complexity index is 1080. The Morgan fingerprint density at radius 3 is 3.03 bits per heavy atom. The highest BCUT2D eigenvalue weighted by molar-refractivity contribution is 6.31. The summed E-state index contributed by atoms with van der Waals surface area (Å²) in [4.78, 5) is 30.2. The first kappa shape index (κ1) is 20.4. The number of hydrogen-bond donors (Lipinski definition) is 3. The maximum Gasteiger partial charge on any atom is 0.405 e. The number of piperazine rings is 1. The first-order valence-electron chi connectivity index (χ1n) is 9.10. The van der Waals surface area contributed by atoms with Gasteiger partial charge in [0.2, 0.25) is 5.91 Å². The molecular weight excluding hydrogens is 423 g/mol. The lowest BCUT2D eigenvalue weighted by atomic mass is 10.1. The number of carbonyl (C=O) groups is 1. The largest absolute Gasteiger partial charge is 0.405 e. The number of aromatic nitrogens is 4. The zero-order valence-electron chi connectivity index (χ0n) is 15.5. The van der Waals surface area contributed by atoms with E-state index in [2.05, 4.69) is 25.3 Å². The van der Waals surface area contributed by atoms with Crippen molar-refractivity contribution in [2.45, 2.75) is 12.2 Å². The van der Waals surface area contributed by atoms with Crippen molar-refractivity contribution in [3.05, 3.63) is 35.7 Å². The molecule has 0 saturated carbocycles. The number of rotatable bonds is 4. The fraction of sp³-hybridized carbons (Fsp3) is 0.333. The standard InChI is InChI=1S/C18H17ClF3N7O.H2/c19-10-5-11-12(7-26-15(11)25-6-10)16-24-2-1-14(28-16)29-4-3-23-8-13(29)17(30)27-9-18(20,21)22;/h1-2,5-7,13,23H,3-4,8-9H2,(H,25,26)(H,27,30);1H/t13-;/m1./s1. The van der Waals surface area contributed by atoms with Crippen molar-refractivity contribution in [1.29, 1.82) is 0 Å². The number of pyridine rings is 1. The fourth-order valence-electron chi connectivity index (χ4n) is 3.32. The third-order valence-corrected chi connectivity index (χ3v) is 4.89. The van der Waals surface area contributed by atoms with Gasteiger partial charge < -0.3 is 20.5 Å². The van der Waals surface area contributed by atoms with Crippen molar-refractivity contribution in [2.75, 3.05) is 31.1 Å². The number of carbonyl (C=O) groups excluding carboxylic acids is 1.